The Morgan fingerprint density at radius 2 is 0.678 bits per heavy atom. The predicted octanol–water partition coefficient (Wildman–Crippen LogP) is 14.7. The van der Waals surface area contributed by atoms with Crippen LogP contribution < -0.4 is 0 Å². The van der Waals surface area contributed by atoms with Gasteiger partial charge in [-0.05, 0) is 38.8 Å². The molecule has 0 saturated heterocycles. The van der Waals surface area contributed by atoms with E-state index in [4.69, 9.17) is 9.47 Å². The van der Waals surface area contributed by atoms with Crippen molar-refractivity contribution in [1.82, 2.24) is 9.80 Å². The highest BCUT2D eigenvalue weighted by Gasteiger charge is 2.25. The van der Waals surface area contributed by atoms with Crippen molar-refractivity contribution in [1.29, 1.82) is 0 Å². The Morgan fingerprint density at radius 3 is 0.949 bits per heavy atom. The highest BCUT2D eigenvalue weighted by atomic mass is 16.5. The van der Waals surface area contributed by atoms with E-state index in [-0.39, 0.29) is 48.8 Å². The van der Waals surface area contributed by atoms with Crippen LogP contribution in [0.5, 0.6) is 0 Å². The molecular formula is C52H102N2O5. The highest BCUT2D eigenvalue weighted by molar-refractivity contribution is 5.79. The molecule has 0 fully saturated rings. The summed E-state index contributed by atoms with van der Waals surface area (Å²) in [5.74, 6) is -0.512. The molecule has 7 nitrogen and oxygen atoms in total. The van der Waals surface area contributed by atoms with Crippen LogP contribution in [0.3, 0.4) is 0 Å². The molecule has 1 unspecified atom stereocenters. The van der Waals surface area contributed by atoms with Crippen LogP contribution in [-0.4, -0.2) is 73.6 Å². The molecule has 0 aromatic carbocycles. The first kappa shape index (κ1) is 57.4. The smallest absolute Gasteiger partial charge is 0.308 e. The first-order chi connectivity index (χ1) is 28.8. The normalized spacial score (nSPS) is 12.2. The Kier molecular flexibility index (Phi) is 41.8. The molecule has 0 heterocycles. The van der Waals surface area contributed by atoms with Crippen molar-refractivity contribution >= 4 is 17.8 Å². The number of esters is 2. The molecule has 59 heavy (non-hydrogen) atoms. The quantitative estimate of drug-likeness (QED) is 0.0449. The molecule has 0 aromatic rings. The minimum atomic E-state index is -0.203. The van der Waals surface area contributed by atoms with Crippen LogP contribution in [0.4, 0.5) is 0 Å². The fourth-order valence-electron chi connectivity index (χ4n) is 8.49. The zero-order valence-corrected chi connectivity index (χ0v) is 40.7. The molecule has 0 aliphatic heterocycles. The summed E-state index contributed by atoms with van der Waals surface area (Å²) in [5.41, 5.74) is 0. The molecule has 0 spiro atoms. The molecule has 0 aliphatic carbocycles. The second-order valence-electron chi connectivity index (χ2n) is 18.1. The van der Waals surface area contributed by atoms with E-state index in [0.717, 1.165) is 64.5 Å². The third-order valence-corrected chi connectivity index (χ3v) is 12.7. The van der Waals surface area contributed by atoms with Crippen molar-refractivity contribution in [2.24, 2.45) is 17.8 Å². The molecule has 0 rings (SSSR count). The van der Waals surface area contributed by atoms with Gasteiger partial charge in [-0.1, -0.05) is 228 Å². The van der Waals surface area contributed by atoms with Gasteiger partial charge in [-0.15, -0.1) is 0 Å². The van der Waals surface area contributed by atoms with Gasteiger partial charge in [0.15, 0.2) is 0 Å². The van der Waals surface area contributed by atoms with E-state index in [9.17, 15) is 14.4 Å². The van der Waals surface area contributed by atoms with E-state index in [2.05, 4.69) is 46.4 Å². The Hall–Kier alpha value is -1.63. The number of nitrogens with zero attached hydrogens (tertiary/aromatic N) is 2. The summed E-state index contributed by atoms with van der Waals surface area (Å²) in [6.07, 6.45) is 38.1. The summed E-state index contributed by atoms with van der Waals surface area (Å²) in [7, 11) is 0. The number of carbonyl (C=O) groups excluding carboxylic acids is 3. The van der Waals surface area contributed by atoms with Crippen molar-refractivity contribution in [3.05, 3.63) is 0 Å². The lowest BCUT2D eigenvalue weighted by atomic mass is 9.94. The average Bonchev–Trinajstić information content (AvgIpc) is 3.24. The van der Waals surface area contributed by atoms with Gasteiger partial charge < -0.3 is 19.3 Å². The van der Waals surface area contributed by atoms with Gasteiger partial charge in [0.25, 0.3) is 0 Å². The first-order valence-corrected chi connectivity index (χ1v) is 26.1. The number of rotatable bonds is 45. The zero-order valence-electron chi connectivity index (χ0n) is 40.7. The van der Waals surface area contributed by atoms with Crippen molar-refractivity contribution in [2.45, 2.75) is 254 Å². The predicted molar refractivity (Wildman–Crippen MR) is 253 cm³/mol. The first-order valence-electron chi connectivity index (χ1n) is 26.1. The van der Waals surface area contributed by atoms with Gasteiger partial charge in [0.05, 0.1) is 24.9 Å². The van der Waals surface area contributed by atoms with Gasteiger partial charge in [-0.25, -0.2) is 0 Å². The summed E-state index contributed by atoms with van der Waals surface area (Å²) in [6.45, 7) is 18.7. The molecule has 1 atom stereocenters. The molecule has 0 saturated carbocycles. The number of hydrogen-bond donors (Lipinski definition) is 0. The van der Waals surface area contributed by atoms with Gasteiger partial charge in [0, 0.05) is 12.5 Å². The maximum atomic E-state index is 13.9. The fraction of sp³-hybridized carbons (Fsp3) is 0.942. The maximum absolute atomic E-state index is 13.9. The second-order valence-corrected chi connectivity index (χ2v) is 18.1. The lowest BCUT2D eigenvalue weighted by molar-refractivity contribution is -0.153. The minimum Gasteiger partial charge on any atom is -0.464 e. The summed E-state index contributed by atoms with van der Waals surface area (Å²) >= 11 is 0. The van der Waals surface area contributed by atoms with E-state index < -0.39 is 0 Å². The lowest BCUT2D eigenvalue weighted by Crippen LogP contribution is -2.44. The van der Waals surface area contributed by atoms with E-state index in [1.807, 2.05) is 6.92 Å². The molecule has 0 radical (unpaired) electrons. The highest BCUT2D eigenvalue weighted by Crippen LogP contribution is 2.23. The van der Waals surface area contributed by atoms with Crippen LogP contribution in [0.2, 0.25) is 0 Å². The van der Waals surface area contributed by atoms with Crippen molar-refractivity contribution in [3.63, 3.8) is 0 Å². The molecule has 0 N–H and O–H groups in total. The standard InChI is InChI=1S/C52H102N2O5/c1-8-14-18-22-26-30-34-38-48(39-35-31-27-23-19-15-9-2)51(56)58-44-42-54(50(55)47(7)46-53(12-5)13-6)43-45-59-52(57)49(40-36-32-28-24-20-16-10-3)41-37-33-29-25-21-17-11-4/h47-49H,8-46H2,1-7H3. The van der Waals surface area contributed by atoms with Gasteiger partial charge >= 0.3 is 11.9 Å². The lowest BCUT2D eigenvalue weighted by Gasteiger charge is -2.29. The number of ether oxygens (including phenoxy) is 2. The third-order valence-electron chi connectivity index (χ3n) is 12.7. The second kappa shape index (κ2) is 43.0. The van der Waals surface area contributed by atoms with Crippen molar-refractivity contribution < 1.29 is 23.9 Å². The molecule has 350 valence electrons. The zero-order chi connectivity index (χ0) is 43.6. The third kappa shape index (κ3) is 33.7. The number of carbonyl (C=O) groups is 3. The molecule has 7 heteroatoms. The topological polar surface area (TPSA) is 76.1 Å². The largest absolute Gasteiger partial charge is 0.464 e. The number of amides is 1. The summed E-state index contributed by atoms with van der Waals surface area (Å²) < 4.78 is 12.0. The summed E-state index contributed by atoms with van der Waals surface area (Å²) in [5, 5.41) is 0. The Bertz CT molecular complexity index is 846. The molecule has 1 amide bonds. The van der Waals surface area contributed by atoms with E-state index in [1.54, 1.807) is 4.90 Å². The molecule has 0 aliphatic rings. The Labute approximate surface area is 368 Å². The van der Waals surface area contributed by atoms with Gasteiger partial charge in [0.2, 0.25) is 5.91 Å². The van der Waals surface area contributed by atoms with Gasteiger partial charge in [-0.2, -0.15) is 0 Å². The van der Waals surface area contributed by atoms with Crippen molar-refractivity contribution in [3.8, 4) is 0 Å². The van der Waals surface area contributed by atoms with Crippen LogP contribution in [0.25, 0.3) is 0 Å². The SMILES string of the molecule is CCCCCCCCCC(CCCCCCCCC)C(=O)OCCN(CCOC(=O)C(CCCCCCCCC)CCCCCCCCC)C(=O)C(C)CN(CC)CC. The van der Waals surface area contributed by atoms with E-state index >= 15 is 0 Å². The van der Waals surface area contributed by atoms with Crippen LogP contribution in [0.15, 0.2) is 0 Å². The van der Waals surface area contributed by atoms with Crippen LogP contribution in [-0.2, 0) is 23.9 Å². The Morgan fingerprint density at radius 1 is 0.407 bits per heavy atom. The van der Waals surface area contributed by atoms with E-state index in [0.29, 0.717) is 19.6 Å². The summed E-state index contributed by atoms with van der Waals surface area (Å²) in [6, 6.07) is 0. The number of unbranched alkanes of at least 4 members (excludes halogenated alkanes) is 24. The molecular weight excluding hydrogens is 733 g/mol. The van der Waals surface area contributed by atoms with Crippen LogP contribution in [0.1, 0.15) is 254 Å². The monoisotopic (exact) mass is 835 g/mol. The number of hydrogen-bond acceptors (Lipinski definition) is 6. The van der Waals surface area contributed by atoms with Crippen LogP contribution >= 0.6 is 0 Å². The van der Waals surface area contributed by atoms with Crippen LogP contribution in [0, 0.1) is 17.8 Å². The molecule has 0 bridgehead atoms. The average molecular weight is 835 g/mol. The maximum Gasteiger partial charge on any atom is 0.308 e. The molecule has 0 aromatic heterocycles. The summed E-state index contributed by atoms with van der Waals surface area (Å²) in [4.78, 5) is 45.2. The van der Waals surface area contributed by atoms with Crippen molar-refractivity contribution in [2.75, 3.05) is 45.9 Å². The van der Waals surface area contributed by atoms with Gasteiger partial charge in [0.1, 0.15) is 13.2 Å². The minimum absolute atomic E-state index is 0.0365. The van der Waals surface area contributed by atoms with E-state index in [1.165, 1.54) is 154 Å². The fourth-order valence-corrected chi connectivity index (χ4v) is 8.49. The van der Waals surface area contributed by atoms with Gasteiger partial charge in [-0.3, -0.25) is 14.4 Å². The Balaban J connectivity index is 5.49.